The third-order valence-corrected chi connectivity index (χ3v) is 4.59. The molecule has 1 heterocycles. The van der Waals surface area contributed by atoms with Crippen molar-refractivity contribution in [1.82, 2.24) is 4.90 Å². The molecule has 1 aliphatic carbocycles. The Morgan fingerprint density at radius 1 is 1.24 bits per heavy atom. The van der Waals surface area contributed by atoms with Crippen LogP contribution in [0.4, 0.5) is 0 Å². The number of likely N-dealkylation sites (tertiary alicyclic amines) is 1. The van der Waals surface area contributed by atoms with Gasteiger partial charge in [-0.2, -0.15) is 0 Å². The second-order valence-electron chi connectivity index (χ2n) is 5.76. The summed E-state index contributed by atoms with van der Waals surface area (Å²) in [5.41, 5.74) is 7.46. The monoisotopic (exact) mass is 288 g/mol. The SMILES string of the molecule is COc1cc(CN2C(=O)C3CCCC3C2=O)ccc1CN. The molecule has 21 heavy (non-hydrogen) atoms. The summed E-state index contributed by atoms with van der Waals surface area (Å²) >= 11 is 0. The van der Waals surface area contributed by atoms with Crippen molar-refractivity contribution in [1.29, 1.82) is 0 Å². The third kappa shape index (κ3) is 2.31. The maximum Gasteiger partial charge on any atom is 0.233 e. The third-order valence-electron chi connectivity index (χ3n) is 4.59. The number of amides is 2. The van der Waals surface area contributed by atoms with Gasteiger partial charge in [0.25, 0.3) is 0 Å². The smallest absolute Gasteiger partial charge is 0.233 e. The molecule has 1 saturated carbocycles. The van der Waals surface area contributed by atoms with E-state index in [0.29, 0.717) is 18.8 Å². The van der Waals surface area contributed by atoms with Crippen LogP contribution in [0, 0.1) is 11.8 Å². The summed E-state index contributed by atoms with van der Waals surface area (Å²) in [6, 6.07) is 5.65. The van der Waals surface area contributed by atoms with Crippen molar-refractivity contribution in [2.75, 3.05) is 7.11 Å². The van der Waals surface area contributed by atoms with Gasteiger partial charge in [-0.25, -0.2) is 0 Å². The molecule has 2 fully saturated rings. The highest BCUT2D eigenvalue weighted by atomic mass is 16.5. The van der Waals surface area contributed by atoms with Gasteiger partial charge in [-0.15, -0.1) is 0 Å². The fourth-order valence-corrected chi connectivity index (χ4v) is 3.45. The van der Waals surface area contributed by atoms with Gasteiger partial charge in [-0.1, -0.05) is 18.6 Å². The Kier molecular flexibility index (Phi) is 3.68. The lowest BCUT2D eigenvalue weighted by molar-refractivity contribution is -0.141. The quantitative estimate of drug-likeness (QED) is 0.851. The average Bonchev–Trinajstić information content (AvgIpc) is 3.07. The molecule has 0 aromatic heterocycles. The first-order chi connectivity index (χ1) is 10.2. The van der Waals surface area contributed by atoms with Crippen LogP contribution in [0.15, 0.2) is 18.2 Å². The molecule has 0 bridgehead atoms. The molecule has 2 atom stereocenters. The number of ether oxygens (including phenoxy) is 1. The lowest BCUT2D eigenvalue weighted by Crippen LogP contribution is -2.31. The molecule has 1 aliphatic heterocycles. The molecule has 5 heteroatoms. The Hall–Kier alpha value is -1.88. The van der Waals surface area contributed by atoms with Crippen LogP contribution >= 0.6 is 0 Å². The highest BCUT2D eigenvalue weighted by Crippen LogP contribution is 2.40. The van der Waals surface area contributed by atoms with Crippen LogP contribution in [0.5, 0.6) is 5.75 Å². The van der Waals surface area contributed by atoms with Crippen molar-refractivity contribution in [2.45, 2.75) is 32.4 Å². The average molecular weight is 288 g/mol. The van der Waals surface area contributed by atoms with Gasteiger partial charge in [0, 0.05) is 12.1 Å². The molecule has 0 spiro atoms. The fraction of sp³-hybridized carbons (Fsp3) is 0.500. The molecule has 1 aromatic rings. The van der Waals surface area contributed by atoms with E-state index < -0.39 is 0 Å². The summed E-state index contributed by atoms with van der Waals surface area (Å²) < 4.78 is 5.30. The predicted octanol–water partition coefficient (Wildman–Crippen LogP) is 1.44. The van der Waals surface area contributed by atoms with Gasteiger partial charge in [0.2, 0.25) is 11.8 Å². The highest BCUT2D eigenvalue weighted by molar-refractivity contribution is 6.05. The Morgan fingerprint density at radius 3 is 2.48 bits per heavy atom. The van der Waals surface area contributed by atoms with E-state index in [0.717, 1.165) is 30.4 Å². The zero-order valence-corrected chi connectivity index (χ0v) is 12.2. The zero-order valence-electron chi connectivity index (χ0n) is 12.2. The van der Waals surface area contributed by atoms with E-state index in [2.05, 4.69) is 0 Å². The number of carbonyl (C=O) groups is 2. The van der Waals surface area contributed by atoms with Crippen molar-refractivity contribution in [2.24, 2.45) is 17.6 Å². The molecule has 2 unspecified atom stereocenters. The first kappa shape index (κ1) is 14.1. The minimum Gasteiger partial charge on any atom is -0.496 e. The van der Waals surface area contributed by atoms with Crippen LogP contribution in [0.2, 0.25) is 0 Å². The van der Waals surface area contributed by atoms with Crippen LogP contribution in [0.3, 0.4) is 0 Å². The van der Waals surface area contributed by atoms with E-state index in [-0.39, 0.29) is 23.7 Å². The van der Waals surface area contributed by atoms with E-state index in [1.54, 1.807) is 7.11 Å². The summed E-state index contributed by atoms with van der Waals surface area (Å²) in [6.07, 6.45) is 2.68. The van der Waals surface area contributed by atoms with Crippen LogP contribution in [0.1, 0.15) is 30.4 Å². The second kappa shape index (κ2) is 5.48. The van der Waals surface area contributed by atoms with Gasteiger partial charge in [0.1, 0.15) is 5.75 Å². The van der Waals surface area contributed by atoms with Gasteiger partial charge < -0.3 is 10.5 Å². The highest BCUT2D eigenvalue weighted by Gasteiger charge is 2.49. The van der Waals surface area contributed by atoms with Gasteiger partial charge in [0.05, 0.1) is 25.5 Å². The lowest BCUT2D eigenvalue weighted by atomic mass is 10.00. The second-order valence-corrected chi connectivity index (χ2v) is 5.76. The Morgan fingerprint density at radius 2 is 1.90 bits per heavy atom. The molecule has 112 valence electrons. The zero-order chi connectivity index (χ0) is 15.0. The number of methoxy groups -OCH3 is 1. The molecular weight excluding hydrogens is 268 g/mol. The van der Waals surface area contributed by atoms with Crippen molar-refractivity contribution in [3.8, 4) is 5.75 Å². The number of hydrogen-bond acceptors (Lipinski definition) is 4. The van der Waals surface area contributed by atoms with Crippen molar-refractivity contribution >= 4 is 11.8 Å². The Labute approximate surface area is 124 Å². The molecule has 2 N–H and O–H groups in total. The Bertz CT molecular complexity index is 563. The summed E-state index contributed by atoms with van der Waals surface area (Å²) in [7, 11) is 1.59. The first-order valence-corrected chi connectivity index (χ1v) is 7.36. The summed E-state index contributed by atoms with van der Waals surface area (Å²) in [4.78, 5) is 26.1. The number of nitrogens with two attached hydrogens (primary N) is 1. The van der Waals surface area contributed by atoms with Crippen LogP contribution in [0.25, 0.3) is 0 Å². The molecule has 0 radical (unpaired) electrons. The number of hydrogen-bond donors (Lipinski definition) is 1. The predicted molar refractivity (Wildman–Crippen MR) is 77.3 cm³/mol. The molecule has 1 aromatic carbocycles. The molecular formula is C16H20N2O3. The van der Waals surface area contributed by atoms with E-state index >= 15 is 0 Å². The minimum atomic E-state index is -0.0808. The number of benzene rings is 1. The summed E-state index contributed by atoms with van der Waals surface area (Å²) in [6.45, 7) is 0.723. The van der Waals surface area contributed by atoms with Gasteiger partial charge in [-0.05, 0) is 24.5 Å². The molecule has 2 aliphatic rings. The fourth-order valence-electron chi connectivity index (χ4n) is 3.45. The number of imide groups is 1. The van der Waals surface area contributed by atoms with Crippen LogP contribution < -0.4 is 10.5 Å². The molecule has 5 nitrogen and oxygen atoms in total. The van der Waals surface area contributed by atoms with E-state index in [9.17, 15) is 9.59 Å². The number of carbonyl (C=O) groups excluding carboxylic acids is 2. The van der Waals surface area contributed by atoms with E-state index in [1.807, 2.05) is 18.2 Å². The number of rotatable bonds is 4. The normalized spacial score (nSPS) is 24.6. The van der Waals surface area contributed by atoms with Crippen LogP contribution in [-0.4, -0.2) is 23.8 Å². The molecule has 2 amide bonds. The number of nitrogens with zero attached hydrogens (tertiary/aromatic N) is 1. The van der Waals surface area contributed by atoms with Gasteiger partial charge in [-0.3, -0.25) is 14.5 Å². The maximum atomic E-state index is 12.3. The largest absolute Gasteiger partial charge is 0.496 e. The van der Waals surface area contributed by atoms with Crippen molar-refractivity contribution in [3.63, 3.8) is 0 Å². The molecule has 1 saturated heterocycles. The molecule has 3 rings (SSSR count). The van der Waals surface area contributed by atoms with Gasteiger partial charge >= 0.3 is 0 Å². The topological polar surface area (TPSA) is 72.6 Å². The van der Waals surface area contributed by atoms with Crippen molar-refractivity contribution < 1.29 is 14.3 Å². The summed E-state index contributed by atoms with van der Waals surface area (Å²) in [5.74, 6) is 0.522. The first-order valence-electron chi connectivity index (χ1n) is 7.36. The van der Waals surface area contributed by atoms with E-state index in [1.165, 1.54) is 4.90 Å². The standard InChI is InChI=1S/C16H20N2O3/c1-21-14-7-10(5-6-11(14)8-17)9-18-15(19)12-3-2-4-13(12)16(18)20/h5-7,12-13H,2-4,8-9,17H2,1H3. The lowest BCUT2D eigenvalue weighted by Gasteiger charge is -2.17. The van der Waals surface area contributed by atoms with Crippen molar-refractivity contribution in [3.05, 3.63) is 29.3 Å². The van der Waals surface area contributed by atoms with Gasteiger partial charge in [0.15, 0.2) is 0 Å². The Balaban J connectivity index is 1.81. The number of fused-ring (bicyclic) bond motifs is 1. The van der Waals surface area contributed by atoms with Crippen LogP contribution in [-0.2, 0) is 22.7 Å². The maximum absolute atomic E-state index is 12.3. The summed E-state index contributed by atoms with van der Waals surface area (Å²) in [5, 5.41) is 0. The van der Waals surface area contributed by atoms with E-state index in [4.69, 9.17) is 10.5 Å². The minimum absolute atomic E-state index is 0.00984.